The summed E-state index contributed by atoms with van der Waals surface area (Å²) in [6.07, 6.45) is 4.98. The maximum Gasteiger partial charge on any atom is 0.0750 e. The van der Waals surface area contributed by atoms with E-state index in [1.54, 1.807) is 0 Å². The summed E-state index contributed by atoms with van der Waals surface area (Å²) < 4.78 is 0. The molecule has 1 aliphatic rings. The van der Waals surface area contributed by atoms with Gasteiger partial charge in [0.1, 0.15) is 0 Å². The Labute approximate surface area is 84.9 Å². The molecule has 1 heteroatoms. The van der Waals surface area contributed by atoms with Crippen LogP contribution in [0.3, 0.4) is 0 Å². The highest BCUT2D eigenvalue weighted by Gasteiger charge is 2.51. The van der Waals surface area contributed by atoms with Crippen molar-refractivity contribution in [3.05, 3.63) is 0 Å². The van der Waals surface area contributed by atoms with Gasteiger partial charge in [0.2, 0.25) is 0 Å². The van der Waals surface area contributed by atoms with Crippen molar-refractivity contribution in [2.24, 2.45) is 10.8 Å². The first-order valence-electron chi connectivity index (χ1n) is 5.56. The van der Waals surface area contributed by atoms with Gasteiger partial charge in [-0.25, -0.2) is 0 Å². The quantitative estimate of drug-likeness (QED) is 0.533. The Morgan fingerprint density at radius 3 is 1.92 bits per heavy atom. The van der Waals surface area contributed by atoms with Crippen molar-refractivity contribution in [3.8, 4) is 0 Å². The second-order valence-corrected chi connectivity index (χ2v) is 5.84. The van der Waals surface area contributed by atoms with Gasteiger partial charge in [-0.05, 0) is 17.3 Å². The van der Waals surface area contributed by atoms with Crippen LogP contribution < -0.4 is 0 Å². The Morgan fingerprint density at radius 1 is 1.08 bits per heavy atom. The molecule has 0 spiro atoms. The molecule has 2 radical (unpaired) electrons. The van der Waals surface area contributed by atoms with Gasteiger partial charge in [0.15, 0.2) is 0 Å². The van der Waals surface area contributed by atoms with Gasteiger partial charge in [-0.3, -0.25) is 0 Å². The van der Waals surface area contributed by atoms with Gasteiger partial charge >= 0.3 is 0 Å². The van der Waals surface area contributed by atoms with Crippen LogP contribution in [0.15, 0.2) is 0 Å². The molecule has 1 rings (SSSR count). The van der Waals surface area contributed by atoms with Crippen LogP contribution in [0.25, 0.3) is 0 Å². The molecule has 0 aliphatic heterocycles. The first-order chi connectivity index (χ1) is 5.77. The average molecular weight is 178 g/mol. The van der Waals surface area contributed by atoms with E-state index in [9.17, 15) is 0 Å². The van der Waals surface area contributed by atoms with E-state index in [0.29, 0.717) is 5.41 Å². The van der Waals surface area contributed by atoms with Gasteiger partial charge in [0.05, 0.1) is 7.85 Å². The van der Waals surface area contributed by atoms with Gasteiger partial charge in [-0.15, -0.1) is 0 Å². The van der Waals surface area contributed by atoms with Crippen LogP contribution in [0.5, 0.6) is 0 Å². The van der Waals surface area contributed by atoms with Crippen LogP contribution in [0, 0.1) is 10.8 Å². The molecule has 0 bridgehead atoms. The molecule has 2 atom stereocenters. The van der Waals surface area contributed by atoms with Crippen molar-refractivity contribution < 1.29 is 0 Å². The lowest BCUT2D eigenvalue weighted by atomic mass is 9.40. The minimum Gasteiger partial charge on any atom is -0.0671 e. The molecule has 0 aromatic carbocycles. The Balaban J connectivity index is 3.05. The van der Waals surface area contributed by atoms with Crippen molar-refractivity contribution in [2.45, 2.75) is 65.6 Å². The van der Waals surface area contributed by atoms with Crippen LogP contribution >= 0.6 is 0 Å². The van der Waals surface area contributed by atoms with Crippen LogP contribution in [-0.2, 0) is 0 Å². The minimum atomic E-state index is 0.0174. The summed E-state index contributed by atoms with van der Waals surface area (Å²) in [5.41, 5.74) is 0.682. The molecule has 0 heterocycles. The fourth-order valence-corrected chi connectivity index (χ4v) is 3.10. The summed E-state index contributed by atoms with van der Waals surface area (Å²) in [6.45, 7) is 11.6. The van der Waals surface area contributed by atoms with Gasteiger partial charge < -0.3 is 0 Å². The lowest BCUT2D eigenvalue weighted by molar-refractivity contribution is -0.00996. The zero-order valence-corrected chi connectivity index (χ0v) is 9.91. The Hall–Kier alpha value is 0.0649. The Morgan fingerprint density at radius 2 is 1.62 bits per heavy atom. The maximum atomic E-state index is 6.44. The third-order valence-electron chi connectivity index (χ3n) is 4.96. The molecular formula is C12H23B. The molecule has 0 aromatic rings. The SMILES string of the molecule is [B]C1(C)CCCC(C)(C)C1(C)CC. The Kier molecular flexibility index (Phi) is 2.60. The zero-order chi connectivity index (χ0) is 10.3. The van der Waals surface area contributed by atoms with Crippen LogP contribution in [0.2, 0.25) is 5.31 Å². The highest BCUT2D eigenvalue weighted by Crippen LogP contribution is 2.63. The summed E-state index contributed by atoms with van der Waals surface area (Å²) in [5.74, 6) is 0. The van der Waals surface area contributed by atoms with Gasteiger partial charge in [0.25, 0.3) is 0 Å². The molecule has 2 unspecified atom stereocenters. The van der Waals surface area contributed by atoms with E-state index in [4.69, 9.17) is 7.85 Å². The molecule has 1 saturated carbocycles. The van der Waals surface area contributed by atoms with E-state index in [-0.39, 0.29) is 10.7 Å². The molecule has 0 N–H and O–H groups in total. The summed E-state index contributed by atoms with van der Waals surface area (Å²) in [7, 11) is 6.44. The standard InChI is InChI=1S/C12H23B/c1-6-11(4)10(2,3)8-7-9-12(11,5)13/h6-9H2,1-5H3. The topological polar surface area (TPSA) is 0 Å². The molecule has 0 amide bonds. The summed E-state index contributed by atoms with van der Waals surface area (Å²) >= 11 is 0. The molecule has 0 saturated heterocycles. The van der Waals surface area contributed by atoms with E-state index in [2.05, 4.69) is 34.6 Å². The van der Waals surface area contributed by atoms with Crippen molar-refractivity contribution in [1.82, 2.24) is 0 Å². The predicted octanol–water partition coefficient (Wildman–Crippen LogP) is 3.96. The van der Waals surface area contributed by atoms with E-state index >= 15 is 0 Å². The van der Waals surface area contributed by atoms with Gasteiger partial charge in [0, 0.05) is 0 Å². The molecule has 0 aromatic heterocycles. The van der Waals surface area contributed by atoms with Gasteiger partial charge in [-0.2, -0.15) is 0 Å². The highest BCUT2D eigenvalue weighted by molar-refractivity contribution is 6.15. The smallest absolute Gasteiger partial charge is 0.0671 e. The van der Waals surface area contributed by atoms with E-state index in [1.807, 2.05) is 0 Å². The van der Waals surface area contributed by atoms with E-state index in [0.717, 1.165) is 0 Å². The second kappa shape index (κ2) is 3.03. The normalized spacial score (nSPS) is 44.7. The average Bonchev–Trinajstić information content (AvgIpc) is 1.99. The fraction of sp³-hybridized carbons (Fsp3) is 1.00. The number of hydrogen-bond donors (Lipinski definition) is 0. The monoisotopic (exact) mass is 178 g/mol. The molecule has 74 valence electrons. The van der Waals surface area contributed by atoms with Gasteiger partial charge in [-0.1, -0.05) is 59.2 Å². The third-order valence-corrected chi connectivity index (χ3v) is 4.96. The van der Waals surface area contributed by atoms with Crippen molar-refractivity contribution in [2.75, 3.05) is 0 Å². The van der Waals surface area contributed by atoms with Crippen LogP contribution in [0.1, 0.15) is 60.3 Å². The second-order valence-electron chi connectivity index (χ2n) is 5.84. The fourth-order valence-electron chi connectivity index (χ4n) is 3.10. The summed E-state index contributed by atoms with van der Waals surface area (Å²) in [4.78, 5) is 0. The van der Waals surface area contributed by atoms with E-state index in [1.165, 1.54) is 25.7 Å². The number of hydrogen-bond acceptors (Lipinski definition) is 0. The first kappa shape index (κ1) is 11.1. The highest BCUT2D eigenvalue weighted by atomic mass is 14.5. The lowest BCUT2D eigenvalue weighted by Gasteiger charge is -2.58. The molecule has 0 nitrogen and oxygen atoms in total. The summed E-state index contributed by atoms with van der Waals surface area (Å²) in [5, 5.41) is 0.0174. The third kappa shape index (κ3) is 1.45. The largest absolute Gasteiger partial charge is 0.0750 e. The van der Waals surface area contributed by atoms with Crippen LogP contribution in [0.4, 0.5) is 0 Å². The number of rotatable bonds is 1. The first-order valence-corrected chi connectivity index (χ1v) is 5.56. The molecular weight excluding hydrogens is 155 g/mol. The zero-order valence-electron chi connectivity index (χ0n) is 9.91. The minimum absolute atomic E-state index is 0.0174. The van der Waals surface area contributed by atoms with Crippen molar-refractivity contribution in [1.29, 1.82) is 0 Å². The Bertz CT molecular complexity index is 175. The van der Waals surface area contributed by atoms with E-state index < -0.39 is 0 Å². The van der Waals surface area contributed by atoms with Crippen LogP contribution in [-0.4, -0.2) is 7.85 Å². The molecule has 1 fully saturated rings. The molecule has 13 heavy (non-hydrogen) atoms. The van der Waals surface area contributed by atoms with Crippen molar-refractivity contribution in [3.63, 3.8) is 0 Å². The van der Waals surface area contributed by atoms with Crippen molar-refractivity contribution >= 4 is 7.85 Å². The lowest BCUT2D eigenvalue weighted by Crippen LogP contribution is -2.47. The molecule has 1 aliphatic carbocycles. The predicted molar refractivity (Wildman–Crippen MR) is 60.2 cm³/mol. The maximum absolute atomic E-state index is 6.44. The summed E-state index contributed by atoms with van der Waals surface area (Å²) in [6, 6.07) is 0.